The van der Waals surface area contributed by atoms with E-state index in [9.17, 15) is 19.2 Å². The van der Waals surface area contributed by atoms with Gasteiger partial charge < -0.3 is 20.7 Å². The molecule has 0 aromatic heterocycles. The fraction of sp³-hybridized carbons (Fsp3) is 0.524. The number of hydrogen-bond acceptors (Lipinski definition) is 7. The molecule has 12 heteroatoms. The smallest absolute Gasteiger partial charge is 0.407 e. The summed E-state index contributed by atoms with van der Waals surface area (Å²) in [5, 5.41) is 25.2. The predicted molar refractivity (Wildman–Crippen MR) is 117 cm³/mol. The van der Waals surface area contributed by atoms with Gasteiger partial charge in [-0.1, -0.05) is 50.6 Å². The lowest BCUT2D eigenvalue weighted by atomic mass is 9.99. The number of rotatable bonds is 13. The Labute approximate surface area is 192 Å². The molecule has 5 amide bonds. The predicted octanol–water partition coefficient (Wildman–Crippen LogP) is 1.18. The number of alkyl carbamates (subject to hydrolysis) is 1. The number of nitrogens with one attached hydrogen (secondary N) is 5. The monoisotopic (exact) mass is 467 g/mol. The Balaban J connectivity index is 2.42. The summed E-state index contributed by atoms with van der Waals surface area (Å²) < 4.78 is 5.10. The molecule has 0 heterocycles. The first-order valence-electron chi connectivity index (χ1n) is 10.7. The Morgan fingerprint density at radius 3 is 2.24 bits per heavy atom. The summed E-state index contributed by atoms with van der Waals surface area (Å²) >= 11 is 0. The van der Waals surface area contributed by atoms with Crippen LogP contribution < -0.4 is 26.9 Å². The molecule has 33 heavy (non-hydrogen) atoms. The second-order valence-corrected chi connectivity index (χ2v) is 7.47. The van der Waals surface area contributed by atoms with Gasteiger partial charge >= 0.3 is 12.1 Å². The zero-order chi connectivity index (χ0) is 24.6. The molecule has 12 nitrogen and oxygen atoms in total. The molecule has 0 radical (unpaired) electrons. The first kappa shape index (κ1) is 27.7. The Bertz CT molecular complexity index is 763. The van der Waals surface area contributed by atoms with Gasteiger partial charge in [-0.05, 0) is 30.7 Å². The number of carbonyl (C=O) groups is 4. The lowest BCUT2D eigenvalue weighted by Gasteiger charge is -2.24. The largest absolute Gasteiger partial charge is 0.445 e. The Morgan fingerprint density at radius 2 is 1.64 bits per heavy atom. The lowest BCUT2D eigenvalue weighted by molar-refractivity contribution is -0.132. The van der Waals surface area contributed by atoms with E-state index in [-0.39, 0.29) is 18.9 Å². The number of benzene rings is 1. The zero-order valence-electron chi connectivity index (χ0n) is 18.8. The van der Waals surface area contributed by atoms with E-state index < -0.39 is 36.0 Å². The van der Waals surface area contributed by atoms with Crippen LogP contribution in [0.4, 0.5) is 9.59 Å². The van der Waals surface area contributed by atoms with E-state index in [1.165, 1.54) is 11.0 Å². The molecular weight excluding hydrogens is 434 g/mol. The van der Waals surface area contributed by atoms with Gasteiger partial charge in [-0.25, -0.2) is 20.5 Å². The molecule has 0 saturated heterocycles. The molecule has 1 rings (SSSR count). The maximum absolute atomic E-state index is 12.3. The maximum Gasteiger partial charge on any atom is 0.407 e. The molecule has 0 fully saturated rings. The lowest BCUT2D eigenvalue weighted by Crippen LogP contribution is -2.56. The van der Waals surface area contributed by atoms with Crippen molar-refractivity contribution >= 4 is 23.9 Å². The minimum Gasteiger partial charge on any atom is -0.445 e. The molecule has 0 spiro atoms. The summed E-state index contributed by atoms with van der Waals surface area (Å²) in [6.07, 6.45) is 1.07. The van der Waals surface area contributed by atoms with E-state index in [2.05, 4.69) is 16.0 Å². The molecule has 1 aromatic rings. The topological polar surface area (TPSA) is 178 Å². The second-order valence-electron chi connectivity index (χ2n) is 7.47. The summed E-state index contributed by atoms with van der Waals surface area (Å²) in [6, 6.07) is 6.33. The molecule has 1 aromatic carbocycles. The highest BCUT2D eigenvalue weighted by atomic mass is 16.5. The van der Waals surface area contributed by atoms with Gasteiger partial charge in [0.05, 0.1) is 0 Å². The van der Waals surface area contributed by atoms with Crippen LogP contribution in [0.25, 0.3) is 0 Å². The van der Waals surface area contributed by atoms with Gasteiger partial charge in [-0.15, -0.1) is 0 Å². The van der Waals surface area contributed by atoms with Crippen LogP contribution in [0.1, 0.15) is 45.1 Å². The highest BCUT2D eigenvalue weighted by Crippen LogP contribution is 2.08. The number of ether oxygens (including phenoxy) is 1. The first-order chi connectivity index (χ1) is 15.8. The SMILES string of the molecule is CCC(C)[C@H](NC(=O)N[C@@H](CCCCNC(=O)OCc1ccccc1)C(=O)NO)C(=O)NO. The van der Waals surface area contributed by atoms with Gasteiger partial charge in [-0.3, -0.25) is 20.0 Å². The molecule has 184 valence electrons. The quantitative estimate of drug-likeness (QED) is 0.129. The van der Waals surface area contributed by atoms with Crippen molar-refractivity contribution in [3.63, 3.8) is 0 Å². The van der Waals surface area contributed by atoms with E-state index >= 15 is 0 Å². The molecule has 1 unspecified atom stereocenters. The van der Waals surface area contributed by atoms with E-state index in [0.29, 0.717) is 25.8 Å². The van der Waals surface area contributed by atoms with Crippen molar-refractivity contribution in [2.45, 2.75) is 58.2 Å². The number of hydroxylamine groups is 2. The van der Waals surface area contributed by atoms with E-state index in [4.69, 9.17) is 15.2 Å². The summed E-state index contributed by atoms with van der Waals surface area (Å²) in [6.45, 7) is 3.97. The number of amides is 5. The molecular formula is C21H33N5O7. The zero-order valence-corrected chi connectivity index (χ0v) is 18.8. The van der Waals surface area contributed by atoms with E-state index in [1.54, 1.807) is 6.92 Å². The van der Waals surface area contributed by atoms with Crippen molar-refractivity contribution in [1.29, 1.82) is 0 Å². The number of unbranched alkanes of at least 4 members (excludes halogenated alkanes) is 1. The summed E-state index contributed by atoms with van der Waals surface area (Å²) in [5.74, 6) is -1.89. The average Bonchev–Trinajstić information content (AvgIpc) is 2.84. The summed E-state index contributed by atoms with van der Waals surface area (Å²) in [4.78, 5) is 47.7. The van der Waals surface area contributed by atoms with Gasteiger partial charge in [0.15, 0.2) is 0 Å². The minimum atomic E-state index is -1.07. The van der Waals surface area contributed by atoms with Crippen LogP contribution in [0.15, 0.2) is 30.3 Å². The van der Waals surface area contributed by atoms with Gasteiger partial charge in [0, 0.05) is 6.54 Å². The normalized spacial score (nSPS) is 13.1. The van der Waals surface area contributed by atoms with Crippen LogP contribution in [0.5, 0.6) is 0 Å². The molecule has 0 aliphatic carbocycles. The third-order valence-corrected chi connectivity index (χ3v) is 5.03. The van der Waals surface area contributed by atoms with Crippen LogP contribution in [0.3, 0.4) is 0 Å². The van der Waals surface area contributed by atoms with E-state index in [0.717, 1.165) is 5.56 Å². The van der Waals surface area contributed by atoms with Gasteiger partial charge in [0.2, 0.25) is 0 Å². The number of hydrogen-bond donors (Lipinski definition) is 7. The molecule has 0 bridgehead atoms. The van der Waals surface area contributed by atoms with Crippen molar-refractivity contribution < 1.29 is 34.3 Å². The molecule has 0 saturated carbocycles. The van der Waals surface area contributed by atoms with Gasteiger partial charge in [0.1, 0.15) is 18.7 Å². The second kappa shape index (κ2) is 15.4. The third kappa shape index (κ3) is 10.7. The van der Waals surface area contributed by atoms with Crippen LogP contribution in [-0.4, -0.2) is 53.0 Å². The first-order valence-corrected chi connectivity index (χ1v) is 10.7. The Morgan fingerprint density at radius 1 is 0.970 bits per heavy atom. The number of urea groups is 1. The molecule has 3 atom stereocenters. The standard InChI is InChI=1S/C21H33N5O7/c1-3-14(2)17(19(28)26-32)24-20(29)23-16(18(27)25-31)11-7-8-12-22-21(30)33-13-15-9-5-4-6-10-15/h4-6,9-10,14,16-17,31-32H,3,7-8,11-13H2,1-2H3,(H,22,30)(H,25,27)(H,26,28)(H2,23,24,29)/t14?,16-,17-/m0/s1. The van der Waals surface area contributed by atoms with Crippen molar-refractivity contribution in [1.82, 2.24) is 26.9 Å². The fourth-order valence-corrected chi connectivity index (χ4v) is 2.90. The third-order valence-electron chi connectivity index (χ3n) is 5.03. The highest BCUT2D eigenvalue weighted by Gasteiger charge is 2.27. The maximum atomic E-state index is 12.3. The van der Waals surface area contributed by atoms with Crippen molar-refractivity contribution in [2.75, 3.05) is 6.54 Å². The summed E-state index contributed by atoms with van der Waals surface area (Å²) in [5.41, 5.74) is 3.86. The number of carbonyl (C=O) groups excluding carboxylic acids is 4. The van der Waals surface area contributed by atoms with Crippen molar-refractivity contribution in [3.8, 4) is 0 Å². The molecule has 0 aliphatic rings. The highest BCUT2D eigenvalue weighted by molar-refractivity contribution is 5.89. The fourth-order valence-electron chi connectivity index (χ4n) is 2.90. The molecule has 0 aliphatic heterocycles. The van der Waals surface area contributed by atoms with Gasteiger partial charge in [0.25, 0.3) is 11.8 Å². The van der Waals surface area contributed by atoms with Crippen LogP contribution in [0.2, 0.25) is 0 Å². The van der Waals surface area contributed by atoms with Crippen molar-refractivity contribution in [2.24, 2.45) is 5.92 Å². The average molecular weight is 468 g/mol. The van der Waals surface area contributed by atoms with Gasteiger partial charge in [-0.2, -0.15) is 0 Å². The Kier molecular flexibility index (Phi) is 12.9. The van der Waals surface area contributed by atoms with E-state index in [1.807, 2.05) is 37.3 Å². The molecule has 7 N–H and O–H groups in total. The Hall–Kier alpha value is -3.38. The van der Waals surface area contributed by atoms with Crippen LogP contribution in [0, 0.1) is 5.92 Å². The van der Waals surface area contributed by atoms with Crippen LogP contribution >= 0.6 is 0 Å². The van der Waals surface area contributed by atoms with Crippen LogP contribution in [-0.2, 0) is 20.9 Å². The summed E-state index contributed by atoms with van der Waals surface area (Å²) in [7, 11) is 0. The van der Waals surface area contributed by atoms with Crippen molar-refractivity contribution in [3.05, 3.63) is 35.9 Å². The minimum absolute atomic E-state index is 0.149.